The Morgan fingerprint density at radius 3 is 1.13 bits per heavy atom. The molecule has 14 rings (SSSR count). The van der Waals surface area contributed by atoms with Crippen LogP contribution in [-0.4, -0.2) is 0 Å². The molecule has 60 heavy (non-hydrogen) atoms. The standard InChI is InChI=1S/C54H30N2O4/c1-2-12-34-33(11-1)39-25-31(55-43-15-5-9-19-49(43)59-53-27-41-37-13-3-7-17-47(37)57-51(41)29-45(53)55)21-23-35(39)36-24-22-32(26-40(34)36)56-44-16-6-10-20-50(44)60-54-28-42-38-14-4-8-18-48(38)58-52(42)30-46(54)56/h1-30H. The molecule has 2 aromatic heterocycles. The summed E-state index contributed by atoms with van der Waals surface area (Å²) >= 11 is 0. The summed E-state index contributed by atoms with van der Waals surface area (Å²) < 4.78 is 26.0. The molecule has 280 valence electrons. The van der Waals surface area contributed by atoms with Gasteiger partial charge >= 0.3 is 0 Å². The third-order valence-electron chi connectivity index (χ3n) is 12.4. The Bertz CT molecular complexity index is 3550. The SMILES string of the molecule is c1ccc2c(c1)Oc1cc3c(cc1N2c1ccc2c4ccc(N5c6ccccc6Oc6cc7c(cc65)oc5ccccc57)cc4c4ccccc4c2c1)oc1ccccc13. The minimum absolute atomic E-state index is 0.788. The zero-order chi connectivity index (χ0) is 39.1. The zero-order valence-electron chi connectivity index (χ0n) is 31.8. The van der Waals surface area contributed by atoms with Gasteiger partial charge in [0.25, 0.3) is 0 Å². The van der Waals surface area contributed by atoms with Crippen LogP contribution in [0.3, 0.4) is 0 Å². The molecular formula is C54H30N2O4. The molecule has 0 radical (unpaired) electrons. The molecule has 10 aromatic carbocycles. The highest BCUT2D eigenvalue weighted by Gasteiger charge is 2.30. The third-order valence-corrected chi connectivity index (χ3v) is 12.4. The van der Waals surface area contributed by atoms with Gasteiger partial charge in [-0.1, -0.05) is 97.1 Å². The van der Waals surface area contributed by atoms with Crippen molar-refractivity contribution in [3.05, 3.63) is 182 Å². The van der Waals surface area contributed by atoms with Crippen LogP contribution in [0.1, 0.15) is 0 Å². The second kappa shape index (κ2) is 11.7. The van der Waals surface area contributed by atoms with E-state index < -0.39 is 0 Å². The first-order valence-corrected chi connectivity index (χ1v) is 20.1. The van der Waals surface area contributed by atoms with E-state index in [4.69, 9.17) is 18.3 Å². The minimum atomic E-state index is 0.788. The van der Waals surface area contributed by atoms with Crippen LogP contribution in [0.5, 0.6) is 23.0 Å². The molecular weight excluding hydrogens is 741 g/mol. The molecule has 0 spiro atoms. The maximum Gasteiger partial charge on any atom is 0.152 e. The number of anilines is 6. The lowest BCUT2D eigenvalue weighted by Crippen LogP contribution is -2.16. The first-order chi connectivity index (χ1) is 29.7. The Hall–Kier alpha value is -8.22. The van der Waals surface area contributed by atoms with Gasteiger partial charge in [0.05, 0.1) is 22.7 Å². The van der Waals surface area contributed by atoms with Gasteiger partial charge in [-0.25, -0.2) is 0 Å². The Morgan fingerprint density at radius 2 is 0.650 bits per heavy atom. The quantitative estimate of drug-likeness (QED) is 0.163. The molecule has 0 aliphatic carbocycles. The predicted molar refractivity (Wildman–Crippen MR) is 243 cm³/mol. The van der Waals surface area contributed by atoms with Crippen LogP contribution in [0.25, 0.3) is 76.2 Å². The first kappa shape index (κ1) is 31.8. The number of hydrogen-bond acceptors (Lipinski definition) is 6. The summed E-state index contributed by atoms with van der Waals surface area (Å²) in [5, 5.41) is 11.3. The Kier molecular flexibility index (Phi) is 6.20. The lowest BCUT2D eigenvalue weighted by atomic mass is 9.93. The molecule has 0 saturated heterocycles. The summed E-state index contributed by atoms with van der Waals surface area (Å²) in [6, 6.07) is 63.7. The largest absolute Gasteiger partial charge is 0.456 e. The zero-order valence-corrected chi connectivity index (χ0v) is 31.8. The second-order valence-electron chi connectivity index (χ2n) is 15.6. The predicted octanol–water partition coefficient (Wildman–Crippen LogP) is 16.1. The molecule has 2 aliphatic rings. The van der Waals surface area contributed by atoms with Gasteiger partial charge in [-0.05, 0) is 105 Å². The number of ether oxygens (including phenoxy) is 2. The van der Waals surface area contributed by atoms with Gasteiger partial charge in [-0.15, -0.1) is 0 Å². The average molecular weight is 771 g/mol. The molecule has 2 aliphatic heterocycles. The van der Waals surface area contributed by atoms with Crippen LogP contribution in [0, 0.1) is 0 Å². The number of benzene rings is 10. The summed E-state index contributed by atoms with van der Waals surface area (Å²) in [6.45, 7) is 0. The number of rotatable bonds is 2. The topological polar surface area (TPSA) is 51.2 Å². The normalized spacial score (nSPS) is 13.2. The smallest absolute Gasteiger partial charge is 0.152 e. The van der Waals surface area contributed by atoms with E-state index in [9.17, 15) is 0 Å². The molecule has 0 saturated carbocycles. The molecule has 4 heterocycles. The minimum Gasteiger partial charge on any atom is -0.456 e. The first-order valence-electron chi connectivity index (χ1n) is 20.1. The fourth-order valence-electron chi connectivity index (χ4n) is 9.71. The third kappa shape index (κ3) is 4.36. The van der Waals surface area contributed by atoms with E-state index in [2.05, 4.69) is 131 Å². The molecule has 0 atom stereocenters. The van der Waals surface area contributed by atoms with Gasteiger partial charge in [0, 0.05) is 45.1 Å². The fourth-order valence-corrected chi connectivity index (χ4v) is 9.71. The van der Waals surface area contributed by atoms with Crippen molar-refractivity contribution in [1.82, 2.24) is 0 Å². The highest BCUT2D eigenvalue weighted by Crippen LogP contribution is 2.55. The van der Waals surface area contributed by atoms with Crippen molar-refractivity contribution >= 4 is 110 Å². The summed E-state index contributed by atoms with van der Waals surface area (Å²) in [4.78, 5) is 4.60. The molecule has 0 bridgehead atoms. The monoisotopic (exact) mass is 770 g/mol. The molecule has 6 heteroatoms. The van der Waals surface area contributed by atoms with Gasteiger partial charge in [0.2, 0.25) is 0 Å². The van der Waals surface area contributed by atoms with Gasteiger partial charge in [-0.3, -0.25) is 0 Å². The number of hydrogen-bond donors (Lipinski definition) is 0. The van der Waals surface area contributed by atoms with Gasteiger partial charge < -0.3 is 28.1 Å². The van der Waals surface area contributed by atoms with Crippen molar-refractivity contribution in [3.8, 4) is 23.0 Å². The van der Waals surface area contributed by atoms with E-state index in [0.29, 0.717) is 0 Å². The van der Waals surface area contributed by atoms with Gasteiger partial charge in [0.15, 0.2) is 23.0 Å². The van der Waals surface area contributed by atoms with Gasteiger partial charge in [-0.2, -0.15) is 0 Å². The van der Waals surface area contributed by atoms with Crippen LogP contribution in [0.15, 0.2) is 191 Å². The second-order valence-corrected chi connectivity index (χ2v) is 15.6. The number of fused-ring (bicyclic) bond motifs is 16. The van der Waals surface area contributed by atoms with Crippen LogP contribution in [0.2, 0.25) is 0 Å². The van der Waals surface area contributed by atoms with Crippen LogP contribution in [0.4, 0.5) is 34.1 Å². The maximum absolute atomic E-state index is 6.61. The lowest BCUT2D eigenvalue weighted by Gasteiger charge is -2.33. The molecule has 12 aromatic rings. The van der Waals surface area contributed by atoms with Crippen molar-refractivity contribution in [2.24, 2.45) is 0 Å². The number of para-hydroxylation sites is 6. The molecule has 6 nitrogen and oxygen atoms in total. The Labute approximate surface area is 342 Å². The van der Waals surface area contributed by atoms with Crippen molar-refractivity contribution < 1.29 is 18.3 Å². The number of nitrogens with zero attached hydrogens (tertiary/aromatic N) is 2. The summed E-state index contributed by atoms with van der Waals surface area (Å²) in [7, 11) is 0. The van der Waals surface area contributed by atoms with Crippen molar-refractivity contribution in [2.75, 3.05) is 9.80 Å². The molecule has 0 unspecified atom stereocenters. The highest BCUT2D eigenvalue weighted by atomic mass is 16.5. The van der Waals surface area contributed by atoms with E-state index in [-0.39, 0.29) is 0 Å². The molecule has 0 N–H and O–H groups in total. The average Bonchev–Trinajstić information content (AvgIpc) is 3.85. The number of furan rings is 2. The van der Waals surface area contributed by atoms with E-state index >= 15 is 0 Å². The van der Waals surface area contributed by atoms with Crippen LogP contribution < -0.4 is 19.3 Å². The fraction of sp³-hybridized carbons (Fsp3) is 0. The highest BCUT2D eigenvalue weighted by molar-refractivity contribution is 6.26. The van der Waals surface area contributed by atoms with E-state index in [1.165, 1.54) is 32.3 Å². The summed E-state index contributed by atoms with van der Waals surface area (Å²) in [5.41, 5.74) is 9.24. The summed E-state index contributed by atoms with van der Waals surface area (Å²) in [5.74, 6) is 3.19. The Morgan fingerprint density at radius 1 is 0.250 bits per heavy atom. The van der Waals surface area contributed by atoms with Crippen molar-refractivity contribution in [2.45, 2.75) is 0 Å². The van der Waals surface area contributed by atoms with Crippen molar-refractivity contribution in [1.29, 1.82) is 0 Å². The van der Waals surface area contributed by atoms with E-state index in [1.54, 1.807) is 0 Å². The van der Waals surface area contributed by atoms with E-state index in [0.717, 1.165) is 101 Å². The van der Waals surface area contributed by atoms with E-state index in [1.807, 2.05) is 60.7 Å². The Balaban J connectivity index is 0.966. The van der Waals surface area contributed by atoms with Crippen LogP contribution in [-0.2, 0) is 0 Å². The lowest BCUT2D eigenvalue weighted by molar-refractivity contribution is 0.477. The molecule has 0 amide bonds. The molecule has 0 fully saturated rings. The van der Waals surface area contributed by atoms with Gasteiger partial charge in [0.1, 0.15) is 22.3 Å². The summed E-state index contributed by atoms with van der Waals surface area (Å²) in [6.07, 6.45) is 0. The maximum atomic E-state index is 6.61. The van der Waals surface area contributed by atoms with Crippen LogP contribution >= 0.6 is 0 Å². The van der Waals surface area contributed by atoms with Crippen molar-refractivity contribution in [3.63, 3.8) is 0 Å².